The Hall–Kier alpha value is -1.09. The van der Waals surface area contributed by atoms with E-state index in [0.29, 0.717) is 12.5 Å². The molecule has 3 heteroatoms. The number of rotatable bonds is 3. The first-order chi connectivity index (χ1) is 6.15. The molecule has 0 aliphatic rings. The van der Waals surface area contributed by atoms with Gasteiger partial charge in [-0.15, -0.1) is 0 Å². The van der Waals surface area contributed by atoms with Gasteiger partial charge in [0.1, 0.15) is 0 Å². The van der Waals surface area contributed by atoms with Crippen molar-refractivity contribution in [2.75, 3.05) is 6.61 Å². The van der Waals surface area contributed by atoms with Crippen LogP contribution in [0.5, 0.6) is 5.88 Å². The van der Waals surface area contributed by atoms with Gasteiger partial charge >= 0.3 is 0 Å². The quantitative estimate of drug-likeness (QED) is 0.771. The van der Waals surface area contributed by atoms with E-state index in [4.69, 9.17) is 10.5 Å². The lowest BCUT2D eigenvalue weighted by Gasteiger charge is -2.10. The fraction of sp³-hybridized carbons (Fsp3) is 0.500. The van der Waals surface area contributed by atoms with E-state index in [2.05, 4.69) is 4.98 Å². The second-order valence-corrected chi connectivity index (χ2v) is 3.05. The first-order valence-electron chi connectivity index (χ1n) is 4.51. The van der Waals surface area contributed by atoms with Crippen LogP contribution in [0.25, 0.3) is 0 Å². The van der Waals surface area contributed by atoms with Crippen LogP contribution >= 0.6 is 0 Å². The Morgan fingerprint density at radius 1 is 1.54 bits per heavy atom. The molecule has 1 rings (SSSR count). The van der Waals surface area contributed by atoms with Crippen LogP contribution in [-0.2, 0) is 0 Å². The number of aromatic nitrogens is 1. The number of ether oxygens (including phenoxy) is 1. The van der Waals surface area contributed by atoms with Crippen molar-refractivity contribution < 1.29 is 4.74 Å². The standard InChI is InChI=1S/C10H16N2O/c1-4-13-10-6-5-9(7(2)11)8(3)12-10/h5-7H,4,11H2,1-3H3/t7-/m1/s1. The van der Waals surface area contributed by atoms with Crippen LogP contribution in [0.15, 0.2) is 12.1 Å². The van der Waals surface area contributed by atoms with Gasteiger partial charge in [0.15, 0.2) is 0 Å². The summed E-state index contributed by atoms with van der Waals surface area (Å²) in [5.74, 6) is 0.671. The minimum absolute atomic E-state index is 0.0307. The van der Waals surface area contributed by atoms with Gasteiger partial charge in [-0.3, -0.25) is 0 Å². The Bertz CT molecular complexity index is 284. The van der Waals surface area contributed by atoms with Crippen LogP contribution in [0.3, 0.4) is 0 Å². The smallest absolute Gasteiger partial charge is 0.213 e. The number of hydrogen-bond acceptors (Lipinski definition) is 3. The molecule has 0 aliphatic carbocycles. The summed E-state index contributed by atoms with van der Waals surface area (Å²) >= 11 is 0. The summed E-state index contributed by atoms with van der Waals surface area (Å²) in [5, 5.41) is 0. The Kier molecular flexibility index (Phi) is 3.25. The molecule has 0 aromatic carbocycles. The second kappa shape index (κ2) is 4.23. The average Bonchev–Trinajstić information content (AvgIpc) is 2.04. The minimum Gasteiger partial charge on any atom is -0.478 e. The summed E-state index contributed by atoms with van der Waals surface area (Å²) in [4.78, 5) is 4.28. The Morgan fingerprint density at radius 2 is 2.23 bits per heavy atom. The van der Waals surface area contributed by atoms with Crippen LogP contribution in [0.4, 0.5) is 0 Å². The first-order valence-corrected chi connectivity index (χ1v) is 4.51. The van der Waals surface area contributed by atoms with E-state index in [1.54, 1.807) is 0 Å². The van der Waals surface area contributed by atoms with Crippen LogP contribution in [0.1, 0.15) is 31.1 Å². The van der Waals surface area contributed by atoms with E-state index in [0.717, 1.165) is 11.3 Å². The monoisotopic (exact) mass is 180 g/mol. The fourth-order valence-corrected chi connectivity index (χ4v) is 1.26. The Balaban J connectivity index is 2.92. The van der Waals surface area contributed by atoms with E-state index < -0.39 is 0 Å². The molecular weight excluding hydrogens is 164 g/mol. The molecule has 3 nitrogen and oxygen atoms in total. The molecule has 1 atom stereocenters. The molecule has 0 bridgehead atoms. The van der Waals surface area contributed by atoms with Gasteiger partial charge in [-0.2, -0.15) is 0 Å². The fourth-order valence-electron chi connectivity index (χ4n) is 1.26. The van der Waals surface area contributed by atoms with Crippen molar-refractivity contribution in [3.63, 3.8) is 0 Å². The molecule has 1 aromatic heterocycles. The molecule has 0 radical (unpaired) electrons. The van der Waals surface area contributed by atoms with E-state index in [1.165, 1.54) is 0 Å². The Morgan fingerprint density at radius 3 is 2.69 bits per heavy atom. The molecule has 0 saturated heterocycles. The number of aryl methyl sites for hydroxylation is 1. The summed E-state index contributed by atoms with van der Waals surface area (Å²) in [6, 6.07) is 3.86. The summed E-state index contributed by atoms with van der Waals surface area (Å²) in [6.07, 6.45) is 0. The van der Waals surface area contributed by atoms with E-state index in [9.17, 15) is 0 Å². The minimum atomic E-state index is 0.0307. The molecule has 0 aliphatic heterocycles. The summed E-state index contributed by atoms with van der Waals surface area (Å²) < 4.78 is 5.27. The maximum atomic E-state index is 5.76. The molecule has 72 valence electrons. The van der Waals surface area contributed by atoms with Crippen molar-refractivity contribution in [1.82, 2.24) is 4.98 Å². The zero-order valence-corrected chi connectivity index (χ0v) is 8.37. The van der Waals surface area contributed by atoms with Gasteiger partial charge in [0, 0.05) is 17.8 Å². The number of hydrogen-bond donors (Lipinski definition) is 1. The normalized spacial score (nSPS) is 12.6. The third-order valence-corrected chi connectivity index (χ3v) is 1.88. The van der Waals surface area contributed by atoms with Gasteiger partial charge in [0.25, 0.3) is 0 Å². The highest BCUT2D eigenvalue weighted by Gasteiger charge is 2.05. The molecular formula is C10H16N2O. The van der Waals surface area contributed by atoms with Crippen molar-refractivity contribution in [2.45, 2.75) is 26.8 Å². The maximum Gasteiger partial charge on any atom is 0.213 e. The largest absolute Gasteiger partial charge is 0.478 e. The molecule has 1 heterocycles. The van der Waals surface area contributed by atoms with Crippen molar-refractivity contribution in [1.29, 1.82) is 0 Å². The van der Waals surface area contributed by atoms with Gasteiger partial charge in [-0.05, 0) is 26.3 Å². The molecule has 0 fully saturated rings. The summed E-state index contributed by atoms with van der Waals surface area (Å²) in [5.41, 5.74) is 7.78. The SMILES string of the molecule is CCOc1ccc([C@@H](C)N)c(C)n1. The lowest BCUT2D eigenvalue weighted by molar-refractivity contribution is 0.326. The van der Waals surface area contributed by atoms with Crippen molar-refractivity contribution in [3.05, 3.63) is 23.4 Å². The van der Waals surface area contributed by atoms with E-state index in [-0.39, 0.29) is 6.04 Å². The van der Waals surface area contributed by atoms with Crippen molar-refractivity contribution in [2.24, 2.45) is 5.73 Å². The predicted octanol–water partition coefficient (Wildman–Crippen LogP) is 1.81. The van der Waals surface area contributed by atoms with Crippen LogP contribution in [0, 0.1) is 6.92 Å². The highest BCUT2D eigenvalue weighted by Crippen LogP contribution is 2.17. The molecule has 0 unspecified atom stereocenters. The lowest BCUT2D eigenvalue weighted by atomic mass is 10.1. The van der Waals surface area contributed by atoms with E-state index >= 15 is 0 Å². The number of pyridine rings is 1. The zero-order valence-electron chi connectivity index (χ0n) is 8.37. The van der Waals surface area contributed by atoms with Gasteiger partial charge in [0.2, 0.25) is 5.88 Å². The zero-order chi connectivity index (χ0) is 9.84. The first kappa shape index (κ1) is 9.99. The number of nitrogens with two attached hydrogens (primary N) is 1. The molecule has 1 aromatic rings. The highest BCUT2D eigenvalue weighted by atomic mass is 16.5. The number of nitrogens with zero attached hydrogens (tertiary/aromatic N) is 1. The van der Waals surface area contributed by atoms with Crippen LogP contribution in [-0.4, -0.2) is 11.6 Å². The van der Waals surface area contributed by atoms with Crippen LogP contribution in [0.2, 0.25) is 0 Å². The second-order valence-electron chi connectivity index (χ2n) is 3.05. The van der Waals surface area contributed by atoms with Crippen LogP contribution < -0.4 is 10.5 Å². The lowest BCUT2D eigenvalue weighted by Crippen LogP contribution is -2.08. The predicted molar refractivity (Wildman–Crippen MR) is 52.7 cm³/mol. The molecule has 0 amide bonds. The topological polar surface area (TPSA) is 48.1 Å². The van der Waals surface area contributed by atoms with Gasteiger partial charge in [-0.1, -0.05) is 6.07 Å². The van der Waals surface area contributed by atoms with Crippen molar-refractivity contribution in [3.8, 4) is 5.88 Å². The Labute approximate surface area is 78.9 Å². The van der Waals surface area contributed by atoms with Gasteiger partial charge in [0.05, 0.1) is 6.61 Å². The van der Waals surface area contributed by atoms with Crippen molar-refractivity contribution >= 4 is 0 Å². The molecule has 0 saturated carbocycles. The summed E-state index contributed by atoms with van der Waals surface area (Å²) in [7, 11) is 0. The third-order valence-electron chi connectivity index (χ3n) is 1.88. The van der Waals surface area contributed by atoms with E-state index in [1.807, 2.05) is 32.9 Å². The average molecular weight is 180 g/mol. The molecule has 13 heavy (non-hydrogen) atoms. The summed E-state index contributed by atoms with van der Waals surface area (Å²) in [6.45, 7) is 6.48. The van der Waals surface area contributed by atoms with Gasteiger partial charge < -0.3 is 10.5 Å². The third kappa shape index (κ3) is 2.42. The molecule has 0 spiro atoms. The maximum absolute atomic E-state index is 5.76. The molecule has 2 N–H and O–H groups in total. The van der Waals surface area contributed by atoms with Gasteiger partial charge in [-0.25, -0.2) is 4.98 Å². The highest BCUT2D eigenvalue weighted by molar-refractivity contribution is 5.27.